The van der Waals surface area contributed by atoms with Crippen LogP contribution in [0, 0.1) is 5.92 Å². The van der Waals surface area contributed by atoms with E-state index >= 15 is 0 Å². The normalized spacial score (nSPS) is 19.3. The second kappa shape index (κ2) is 4.55. The Balaban J connectivity index is 1.83. The molecule has 2 aliphatic rings. The van der Waals surface area contributed by atoms with Gasteiger partial charge in [0.1, 0.15) is 0 Å². The Morgan fingerprint density at radius 1 is 1.33 bits per heavy atom. The highest BCUT2D eigenvalue weighted by molar-refractivity contribution is 7.92. The zero-order valence-electron chi connectivity index (χ0n) is 10.3. The molecule has 98 valence electrons. The summed E-state index contributed by atoms with van der Waals surface area (Å²) in [6.45, 7) is 1.71. The van der Waals surface area contributed by atoms with Gasteiger partial charge in [-0.05, 0) is 48.9 Å². The van der Waals surface area contributed by atoms with Crippen LogP contribution in [0.5, 0.6) is 0 Å². The van der Waals surface area contributed by atoms with Gasteiger partial charge in [-0.25, -0.2) is 8.42 Å². The molecule has 0 saturated heterocycles. The molecule has 1 aliphatic heterocycles. The second-order valence-electron chi connectivity index (χ2n) is 5.20. The summed E-state index contributed by atoms with van der Waals surface area (Å²) in [5.74, 6) is 0.643. The van der Waals surface area contributed by atoms with Gasteiger partial charge in [0, 0.05) is 6.54 Å². The number of sulfonamides is 1. The monoisotopic (exact) mass is 266 g/mol. The summed E-state index contributed by atoms with van der Waals surface area (Å²) < 4.78 is 26.8. The van der Waals surface area contributed by atoms with E-state index in [1.165, 1.54) is 5.56 Å². The summed E-state index contributed by atoms with van der Waals surface area (Å²) in [5, 5.41) is 3.29. The summed E-state index contributed by atoms with van der Waals surface area (Å²) in [6, 6.07) is 5.87. The molecule has 0 bridgehead atoms. The van der Waals surface area contributed by atoms with Crippen molar-refractivity contribution in [2.75, 3.05) is 17.0 Å². The third-order valence-electron chi connectivity index (χ3n) is 3.56. The van der Waals surface area contributed by atoms with E-state index in [4.69, 9.17) is 0 Å². The number of nitrogens with one attached hydrogen (secondary N) is 2. The van der Waals surface area contributed by atoms with Crippen LogP contribution < -0.4 is 10.0 Å². The molecule has 0 unspecified atom stereocenters. The van der Waals surface area contributed by atoms with Crippen LogP contribution in [-0.2, 0) is 23.0 Å². The Morgan fingerprint density at radius 2 is 2.17 bits per heavy atom. The zero-order chi connectivity index (χ0) is 12.6. The molecule has 0 aromatic heterocycles. The second-order valence-corrected chi connectivity index (χ2v) is 6.96. The van der Waals surface area contributed by atoms with E-state index in [9.17, 15) is 8.42 Å². The van der Waals surface area contributed by atoms with E-state index in [1.807, 2.05) is 12.1 Å². The Bertz CT molecular complexity index is 550. The first-order chi connectivity index (χ1) is 8.64. The maximum Gasteiger partial charge on any atom is 0.233 e. The van der Waals surface area contributed by atoms with Crippen LogP contribution in [0.4, 0.5) is 5.69 Å². The Labute approximate surface area is 108 Å². The minimum absolute atomic E-state index is 0.268. The third-order valence-corrected chi connectivity index (χ3v) is 5.00. The van der Waals surface area contributed by atoms with Crippen molar-refractivity contribution in [3.8, 4) is 0 Å². The molecule has 1 heterocycles. The number of fused-ring (bicyclic) bond motifs is 1. The highest BCUT2D eigenvalue weighted by Crippen LogP contribution is 2.31. The molecule has 18 heavy (non-hydrogen) atoms. The summed E-state index contributed by atoms with van der Waals surface area (Å²) >= 11 is 0. The molecule has 1 aliphatic carbocycles. The standard InChI is InChI=1S/C13H18N2O2S/c16-18(17,9-10-4-5-10)15-13-3-1-2-11-6-7-14-8-12(11)13/h1-3,10,14-15H,4-9H2. The molecule has 4 nitrogen and oxygen atoms in total. The molecule has 0 atom stereocenters. The highest BCUT2D eigenvalue weighted by Gasteiger charge is 2.28. The molecule has 0 radical (unpaired) electrons. The zero-order valence-corrected chi connectivity index (χ0v) is 11.1. The van der Waals surface area contributed by atoms with E-state index in [2.05, 4.69) is 16.1 Å². The van der Waals surface area contributed by atoms with Crippen LogP contribution in [0.3, 0.4) is 0 Å². The molecule has 0 amide bonds. The van der Waals surface area contributed by atoms with Crippen LogP contribution in [0.1, 0.15) is 24.0 Å². The lowest BCUT2D eigenvalue weighted by atomic mass is 10.00. The van der Waals surface area contributed by atoms with Gasteiger partial charge < -0.3 is 5.32 Å². The average Bonchev–Trinajstić information content (AvgIpc) is 3.12. The van der Waals surface area contributed by atoms with Crippen molar-refractivity contribution in [3.63, 3.8) is 0 Å². The molecule has 2 N–H and O–H groups in total. The van der Waals surface area contributed by atoms with Gasteiger partial charge in [-0.1, -0.05) is 12.1 Å². The predicted octanol–water partition coefficient (Wildman–Crippen LogP) is 1.48. The van der Waals surface area contributed by atoms with Crippen molar-refractivity contribution >= 4 is 15.7 Å². The first kappa shape index (κ1) is 12.0. The first-order valence-corrected chi connectivity index (χ1v) is 8.11. The lowest BCUT2D eigenvalue weighted by Gasteiger charge is -2.21. The van der Waals surface area contributed by atoms with Gasteiger partial charge in [0.15, 0.2) is 0 Å². The van der Waals surface area contributed by atoms with Gasteiger partial charge in [-0.3, -0.25) is 4.72 Å². The fourth-order valence-electron chi connectivity index (χ4n) is 2.41. The van der Waals surface area contributed by atoms with Crippen molar-refractivity contribution < 1.29 is 8.42 Å². The SMILES string of the molecule is O=S(=O)(CC1CC1)Nc1cccc2c1CNCC2. The number of hydrogen-bond donors (Lipinski definition) is 2. The Kier molecular flexibility index (Phi) is 3.03. The summed E-state index contributed by atoms with van der Waals surface area (Å²) in [5.41, 5.74) is 3.10. The topological polar surface area (TPSA) is 58.2 Å². The number of hydrogen-bond acceptors (Lipinski definition) is 3. The van der Waals surface area contributed by atoms with Crippen LogP contribution in [0.25, 0.3) is 0 Å². The summed E-state index contributed by atoms with van der Waals surface area (Å²) in [6.07, 6.45) is 3.07. The maximum absolute atomic E-state index is 12.0. The van der Waals surface area contributed by atoms with Gasteiger partial charge in [0.05, 0.1) is 11.4 Å². The molecular weight excluding hydrogens is 248 g/mol. The number of benzene rings is 1. The van der Waals surface area contributed by atoms with E-state index in [0.29, 0.717) is 5.92 Å². The van der Waals surface area contributed by atoms with Gasteiger partial charge in [0.2, 0.25) is 10.0 Å². The molecule has 1 saturated carbocycles. The quantitative estimate of drug-likeness (QED) is 0.868. The van der Waals surface area contributed by atoms with Crippen LogP contribution >= 0.6 is 0 Å². The van der Waals surface area contributed by atoms with Crippen molar-refractivity contribution in [1.82, 2.24) is 5.32 Å². The van der Waals surface area contributed by atoms with Gasteiger partial charge in [-0.15, -0.1) is 0 Å². The van der Waals surface area contributed by atoms with Crippen LogP contribution in [0.2, 0.25) is 0 Å². The van der Waals surface area contributed by atoms with Gasteiger partial charge in [-0.2, -0.15) is 0 Å². The third kappa shape index (κ3) is 2.67. The van der Waals surface area contributed by atoms with Crippen molar-refractivity contribution in [1.29, 1.82) is 0 Å². The fraction of sp³-hybridized carbons (Fsp3) is 0.538. The summed E-state index contributed by atoms with van der Waals surface area (Å²) in [7, 11) is -3.18. The number of anilines is 1. The molecule has 1 fully saturated rings. The molecule has 3 rings (SSSR count). The predicted molar refractivity (Wildman–Crippen MR) is 72.0 cm³/mol. The largest absolute Gasteiger partial charge is 0.312 e. The maximum atomic E-state index is 12.0. The Hall–Kier alpha value is -1.07. The minimum atomic E-state index is -3.18. The minimum Gasteiger partial charge on any atom is -0.312 e. The molecular formula is C13H18N2O2S. The van der Waals surface area contributed by atoms with Crippen LogP contribution in [0.15, 0.2) is 18.2 Å². The van der Waals surface area contributed by atoms with Gasteiger partial charge >= 0.3 is 0 Å². The lowest BCUT2D eigenvalue weighted by molar-refractivity contribution is 0.597. The number of rotatable bonds is 4. The van der Waals surface area contributed by atoms with Crippen molar-refractivity contribution in [2.24, 2.45) is 5.92 Å². The van der Waals surface area contributed by atoms with E-state index in [1.54, 1.807) is 0 Å². The first-order valence-electron chi connectivity index (χ1n) is 6.46. The van der Waals surface area contributed by atoms with Crippen LogP contribution in [-0.4, -0.2) is 20.7 Å². The highest BCUT2D eigenvalue weighted by atomic mass is 32.2. The fourth-order valence-corrected chi connectivity index (χ4v) is 3.98. The average molecular weight is 266 g/mol. The van der Waals surface area contributed by atoms with Gasteiger partial charge in [0.25, 0.3) is 0 Å². The lowest BCUT2D eigenvalue weighted by Crippen LogP contribution is -2.26. The summed E-state index contributed by atoms with van der Waals surface area (Å²) in [4.78, 5) is 0. The van der Waals surface area contributed by atoms with Crippen molar-refractivity contribution in [3.05, 3.63) is 29.3 Å². The van der Waals surface area contributed by atoms with E-state index < -0.39 is 10.0 Å². The Morgan fingerprint density at radius 3 is 2.94 bits per heavy atom. The molecule has 5 heteroatoms. The van der Waals surface area contributed by atoms with Crippen molar-refractivity contribution in [2.45, 2.75) is 25.8 Å². The van der Waals surface area contributed by atoms with E-state index in [0.717, 1.165) is 43.6 Å². The molecule has 1 aromatic rings. The smallest absolute Gasteiger partial charge is 0.233 e. The molecule has 1 aromatic carbocycles. The molecule has 0 spiro atoms. The van der Waals surface area contributed by atoms with E-state index in [-0.39, 0.29) is 5.75 Å².